The first kappa shape index (κ1) is 22.0. The third-order valence-electron chi connectivity index (χ3n) is 5.01. The highest BCUT2D eigenvalue weighted by Crippen LogP contribution is 2.37. The topological polar surface area (TPSA) is 81.0 Å². The van der Waals surface area contributed by atoms with Gasteiger partial charge in [0, 0.05) is 24.7 Å². The van der Waals surface area contributed by atoms with Gasteiger partial charge < -0.3 is 24.1 Å². The number of hydrogen-bond acceptors (Lipinski definition) is 5. The number of ether oxygens (including phenoxy) is 2. The highest BCUT2D eigenvalue weighted by molar-refractivity contribution is 6.32. The third kappa shape index (κ3) is 5.08. The van der Waals surface area contributed by atoms with Crippen molar-refractivity contribution in [3.05, 3.63) is 46.4 Å². The van der Waals surface area contributed by atoms with Crippen LogP contribution in [0.15, 0.2) is 28.7 Å². The number of carbonyl (C=O) groups is 2. The summed E-state index contributed by atoms with van der Waals surface area (Å²) in [4.78, 5) is 27.0. The van der Waals surface area contributed by atoms with Gasteiger partial charge in [-0.25, -0.2) is 0 Å². The summed E-state index contributed by atoms with van der Waals surface area (Å²) in [6.07, 6.45) is 2.17. The molecule has 30 heavy (non-hydrogen) atoms. The van der Waals surface area contributed by atoms with Gasteiger partial charge in [-0.05, 0) is 50.5 Å². The van der Waals surface area contributed by atoms with Gasteiger partial charge in [0.2, 0.25) is 0 Å². The number of halogens is 1. The first-order valence-electron chi connectivity index (χ1n) is 10.1. The van der Waals surface area contributed by atoms with E-state index in [0.29, 0.717) is 66.1 Å². The number of carbonyl (C=O) groups excluding carboxylic acids is 2. The van der Waals surface area contributed by atoms with Crippen molar-refractivity contribution in [3.8, 4) is 11.5 Å². The average Bonchev–Trinajstić information content (AvgIpc) is 3.19. The molecule has 162 valence electrons. The van der Waals surface area contributed by atoms with Gasteiger partial charge in [0.25, 0.3) is 11.8 Å². The van der Waals surface area contributed by atoms with E-state index in [-0.39, 0.29) is 17.9 Å². The molecule has 1 aromatic carbocycles. The van der Waals surface area contributed by atoms with Gasteiger partial charge in [-0.15, -0.1) is 0 Å². The Morgan fingerprint density at radius 3 is 2.60 bits per heavy atom. The molecule has 0 spiro atoms. The number of nitrogens with zero attached hydrogens (tertiary/aromatic N) is 1. The van der Waals surface area contributed by atoms with Crippen LogP contribution in [0, 0.1) is 6.92 Å². The molecule has 7 nitrogen and oxygen atoms in total. The number of methoxy groups -OCH3 is 1. The number of piperidine rings is 1. The van der Waals surface area contributed by atoms with Crippen molar-refractivity contribution in [2.75, 3.05) is 26.8 Å². The second-order valence-electron chi connectivity index (χ2n) is 7.29. The van der Waals surface area contributed by atoms with Gasteiger partial charge in [0.05, 0.1) is 18.7 Å². The average molecular weight is 435 g/mol. The molecule has 1 aliphatic heterocycles. The lowest BCUT2D eigenvalue weighted by molar-refractivity contribution is 0.0695. The van der Waals surface area contributed by atoms with E-state index >= 15 is 0 Å². The minimum absolute atomic E-state index is 0.00472. The zero-order valence-electron chi connectivity index (χ0n) is 17.5. The molecule has 0 atom stereocenters. The number of amides is 2. The second kappa shape index (κ2) is 9.89. The zero-order chi connectivity index (χ0) is 21.7. The largest absolute Gasteiger partial charge is 0.493 e. The molecular weight excluding hydrogens is 408 g/mol. The molecule has 2 aromatic rings. The Balaban J connectivity index is 1.61. The molecule has 0 aliphatic carbocycles. The monoisotopic (exact) mass is 434 g/mol. The normalized spacial score (nSPS) is 14.5. The predicted octanol–water partition coefficient (Wildman–Crippen LogP) is 4.07. The van der Waals surface area contributed by atoms with Crippen LogP contribution in [0.4, 0.5) is 0 Å². The Bertz CT molecular complexity index is 903. The van der Waals surface area contributed by atoms with Gasteiger partial charge in [0.15, 0.2) is 17.3 Å². The number of nitrogens with one attached hydrogen (secondary N) is 1. The summed E-state index contributed by atoms with van der Waals surface area (Å²) in [5.41, 5.74) is 0.453. The summed E-state index contributed by atoms with van der Waals surface area (Å²) >= 11 is 6.34. The zero-order valence-corrected chi connectivity index (χ0v) is 18.3. The van der Waals surface area contributed by atoms with E-state index < -0.39 is 0 Å². The number of benzene rings is 1. The first-order valence-corrected chi connectivity index (χ1v) is 10.5. The fraction of sp³-hybridized carbons (Fsp3) is 0.455. The Labute approximate surface area is 181 Å². The Morgan fingerprint density at radius 1 is 1.27 bits per heavy atom. The lowest BCUT2D eigenvalue weighted by atomic mass is 10.0. The molecule has 3 rings (SSSR count). The highest BCUT2D eigenvalue weighted by Gasteiger charge is 2.27. The van der Waals surface area contributed by atoms with Crippen molar-refractivity contribution in [2.24, 2.45) is 0 Å². The molecule has 0 saturated carbocycles. The van der Waals surface area contributed by atoms with Crippen molar-refractivity contribution < 1.29 is 23.5 Å². The van der Waals surface area contributed by atoms with Crippen molar-refractivity contribution in [3.63, 3.8) is 0 Å². The van der Waals surface area contributed by atoms with Gasteiger partial charge in [0.1, 0.15) is 5.76 Å². The van der Waals surface area contributed by atoms with Gasteiger partial charge >= 0.3 is 0 Å². The molecule has 0 unspecified atom stereocenters. The van der Waals surface area contributed by atoms with Crippen LogP contribution in [0.3, 0.4) is 0 Å². The lowest BCUT2D eigenvalue weighted by Crippen LogP contribution is -2.46. The fourth-order valence-electron chi connectivity index (χ4n) is 3.41. The van der Waals surface area contributed by atoms with E-state index in [1.54, 1.807) is 36.1 Å². The maximum Gasteiger partial charge on any atom is 0.287 e. The predicted molar refractivity (Wildman–Crippen MR) is 114 cm³/mol. The van der Waals surface area contributed by atoms with Crippen LogP contribution in [-0.2, 0) is 0 Å². The Hall–Kier alpha value is -2.67. The van der Waals surface area contributed by atoms with E-state index in [2.05, 4.69) is 5.32 Å². The summed E-state index contributed by atoms with van der Waals surface area (Å²) in [5.74, 6) is 1.54. The molecule has 1 saturated heterocycles. The molecule has 2 heterocycles. The quantitative estimate of drug-likeness (QED) is 0.710. The van der Waals surface area contributed by atoms with Crippen LogP contribution in [-0.4, -0.2) is 49.6 Å². The number of rotatable bonds is 7. The summed E-state index contributed by atoms with van der Waals surface area (Å²) in [6.45, 7) is 5.38. The Kier molecular flexibility index (Phi) is 7.26. The minimum Gasteiger partial charge on any atom is -0.493 e. The van der Waals surface area contributed by atoms with E-state index in [9.17, 15) is 9.59 Å². The molecule has 0 radical (unpaired) electrons. The molecule has 1 aliphatic rings. The van der Waals surface area contributed by atoms with E-state index in [1.165, 1.54) is 7.11 Å². The highest BCUT2D eigenvalue weighted by atomic mass is 35.5. The number of furan rings is 1. The van der Waals surface area contributed by atoms with Crippen molar-refractivity contribution in [1.82, 2.24) is 10.2 Å². The number of likely N-dealkylation sites (tertiary alicyclic amines) is 1. The number of hydrogen-bond donors (Lipinski definition) is 1. The van der Waals surface area contributed by atoms with E-state index in [0.717, 1.165) is 6.42 Å². The first-order chi connectivity index (χ1) is 14.4. The van der Waals surface area contributed by atoms with E-state index in [4.69, 9.17) is 25.5 Å². The molecule has 8 heteroatoms. The van der Waals surface area contributed by atoms with Crippen LogP contribution in [0.25, 0.3) is 0 Å². The third-order valence-corrected chi connectivity index (χ3v) is 5.29. The molecule has 2 amide bonds. The minimum atomic E-state index is -0.230. The van der Waals surface area contributed by atoms with Gasteiger partial charge in [-0.1, -0.05) is 18.5 Å². The van der Waals surface area contributed by atoms with Crippen molar-refractivity contribution >= 4 is 23.4 Å². The summed E-state index contributed by atoms with van der Waals surface area (Å²) < 4.78 is 16.4. The van der Waals surface area contributed by atoms with Gasteiger partial charge in [-0.3, -0.25) is 9.59 Å². The van der Waals surface area contributed by atoms with Crippen molar-refractivity contribution in [1.29, 1.82) is 0 Å². The van der Waals surface area contributed by atoms with Crippen LogP contribution in [0.5, 0.6) is 11.5 Å². The SMILES string of the molecule is CCCOc1c(Cl)cc(C(=O)N2CCC(NC(=O)c3ccc(C)o3)CC2)cc1OC. The van der Waals surface area contributed by atoms with Crippen LogP contribution < -0.4 is 14.8 Å². The summed E-state index contributed by atoms with van der Waals surface area (Å²) in [5, 5.41) is 3.32. The molecule has 1 N–H and O–H groups in total. The molecular formula is C22H27ClN2O5. The molecule has 1 aromatic heterocycles. The van der Waals surface area contributed by atoms with E-state index in [1.807, 2.05) is 6.92 Å². The Morgan fingerprint density at radius 2 is 2.00 bits per heavy atom. The summed E-state index contributed by atoms with van der Waals surface area (Å²) in [7, 11) is 1.52. The van der Waals surface area contributed by atoms with Crippen LogP contribution in [0.2, 0.25) is 5.02 Å². The van der Waals surface area contributed by atoms with Crippen molar-refractivity contribution in [2.45, 2.75) is 39.2 Å². The smallest absolute Gasteiger partial charge is 0.287 e. The lowest BCUT2D eigenvalue weighted by Gasteiger charge is -2.32. The van der Waals surface area contributed by atoms with Crippen LogP contribution in [0.1, 0.15) is 52.9 Å². The van der Waals surface area contributed by atoms with Gasteiger partial charge in [-0.2, -0.15) is 0 Å². The molecule has 0 bridgehead atoms. The summed E-state index contributed by atoms with van der Waals surface area (Å²) in [6, 6.07) is 6.69. The number of aryl methyl sites for hydroxylation is 1. The fourth-order valence-corrected chi connectivity index (χ4v) is 3.68. The second-order valence-corrected chi connectivity index (χ2v) is 7.70. The van der Waals surface area contributed by atoms with Crippen LogP contribution >= 0.6 is 11.6 Å². The molecule has 1 fully saturated rings. The maximum absolute atomic E-state index is 13.0. The standard InChI is InChI=1S/C22H27ClN2O5/c1-4-11-29-20-17(23)12-15(13-19(20)28-3)22(27)25-9-7-16(8-10-25)24-21(26)18-6-5-14(2)30-18/h5-6,12-13,16H,4,7-11H2,1-3H3,(H,24,26). The maximum atomic E-state index is 13.0.